The second-order valence-corrected chi connectivity index (χ2v) is 4.93. The molecule has 1 fully saturated rings. The van der Waals surface area contributed by atoms with Gasteiger partial charge in [-0.25, -0.2) is 4.98 Å². The first-order chi connectivity index (χ1) is 10.2. The van der Waals surface area contributed by atoms with Crippen LogP contribution in [0.1, 0.15) is 13.3 Å². The zero-order chi connectivity index (χ0) is 15.1. The molecule has 1 aliphatic heterocycles. The lowest BCUT2D eigenvalue weighted by Crippen LogP contribution is -2.37. The molecule has 7 nitrogen and oxygen atoms in total. The summed E-state index contributed by atoms with van der Waals surface area (Å²) < 4.78 is 4.91. The largest absolute Gasteiger partial charge is 0.375 e. The normalized spacial score (nSPS) is 15.7. The molecule has 0 radical (unpaired) electrons. The van der Waals surface area contributed by atoms with Crippen molar-refractivity contribution in [2.45, 2.75) is 13.3 Å². The molecular formula is C14H23N5O2. The number of carbonyl (C=O) groups excluding carboxylic acids is 1. The monoisotopic (exact) mass is 293 g/mol. The van der Waals surface area contributed by atoms with Crippen LogP contribution in [0.4, 0.5) is 11.8 Å². The number of aromatic nitrogens is 2. The Balaban J connectivity index is 1.99. The molecule has 0 bridgehead atoms. The molecule has 21 heavy (non-hydrogen) atoms. The highest BCUT2D eigenvalue weighted by molar-refractivity contribution is 5.77. The maximum absolute atomic E-state index is 11.9. The number of methoxy groups -OCH3 is 1. The van der Waals surface area contributed by atoms with E-state index in [2.05, 4.69) is 20.2 Å². The van der Waals surface area contributed by atoms with Gasteiger partial charge in [-0.05, 0) is 19.4 Å². The van der Waals surface area contributed by atoms with Crippen molar-refractivity contribution in [1.29, 1.82) is 0 Å². The van der Waals surface area contributed by atoms with E-state index < -0.39 is 0 Å². The molecule has 0 unspecified atom stereocenters. The van der Waals surface area contributed by atoms with Gasteiger partial charge in [-0.1, -0.05) is 0 Å². The van der Waals surface area contributed by atoms with E-state index in [4.69, 9.17) is 4.74 Å². The highest BCUT2D eigenvalue weighted by atomic mass is 16.5. The Bertz CT molecular complexity index is 468. The minimum absolute atomic E-state index is 0.0432. The van der Waals surface area contributed by atoms with Crippen LogP contribution in [0.5, 0.6) is 0 Å². The van der Waals surface area contributed by atoms with E-state index in [9.17, 15) is 4.79 Å². The van der Waals surface area contributed by atoms with Crippen LogP contribution in [0, 0.1) is 0 Å². The average molecular weight is 293 g/mol. The van der Waals surface area contributed by atoms with Crippen molar-refractivity contribution in [3.05, 3.63) is 12.3 Å². The number of nitrogens with zero attached hydrogens (tertiary/aromatic N) is 4. The van der Waals surface area contributed by atoms with Crippen molar-refractivity contribution in [3.63, 3.8) is 0 Å². The van der Waals surface area contributed by atoms with Crippen molar-refractivity contribution in [3.8, 4) is 0 Å². The third-order valence-corrected chi connectivity index (χ3v) is 3.40. The first kappa shape index (κ1) is 15.5. The zero-order valence-corrected chi connectivity index (χ0v) is 12.7. The van der Waals surface area contributed by atoms with E-state index >= 15 is 0 Å². The summed E-state index contributed by atoms with van der Waals surface area (Å²) in [5.41, 5.74) is 0. The summed E-state index contributed by atoms with van der Waals surface area (Å²) in [6.45, 7) is 6.04. The lowest BCUT2D eigenvalue weighted by molar-refractivity contribution is -0.134. The molecule has 0 saturated carbocycles. The molecule has 1 aliphatic rings. The third-order valence-electron chi connectivity index (χ3n) is 3.40. The predicted molar refractivity (Wildman–Crippen MR) is 81.5 cm³/mol. The van der Waals surface area contributed by atoms with Crippen molar-refractivity contribution in [2.24, 2.45) is 0 Å². The molecule has 1 aromatic heterocycles. The minimum Gasteiger partial charge on any atom is -0.375 e. The Kier molecular flexibility index (Phi) is 5.74. The van der Waals surface area contributed by atoms with Crippen molar-refractivity contribution < 1.29 is 9.53 Å². The molecule has 1 saturated heterocycles. The van der Waals surface area contributed by atoms with E-state index in [0.29, 0.717) is 6.54 Å². The Hall–Kier alpha value is -1.89. The highest BCUT2D eigenvalue weighted by Gasteiger charge is 2.20. The fourth-order valence-electron chi connectivity index (χ4n) is 2.36. The zero-order valence-electron chi connectivity index (χ0n) is 12.7. The lowest BCUT2D eigenvalue weighted by atomic mass is 10.4. The fourth-order valence-corrected chi connectivity index (χ4v) is 2.36. The number of amides is 1. The van der Waals surface area contributed by atoms with Crippen LogP contribution in [0.25, 0.3) is 0 Å². The van der Waals surface area contributed by atoms with E-state index in [1.807, 2.05) is 17.9 Å². The van der Waals surface area contributed by atoms with Crippen molar-refractivity contribution >= 4 is 17.7 Å². The Morgan fingerprint density at radius 1 is 1.38 bits per heavy atom. The van der Waals surface area contributed by atoms with Crippen LogP contribution in [0.2, 0.25) is 0 Å². The molecule has 1 N–H and O–H groups in total. The van der Waals surface area contributed by atoms with Crippen molar-refractivity contribution in [1.82, 2.24) is 14.9 Å². The SMILES string of the molecule is CCNc1ccnc(N2CCCN(C(=O)COC)CC2)n1. The van der Waals surface area contributed by atoms with Crippen LogP contribution in [0.15, 0.2) is 12.3 Å². The number of carbonyl (C=O) groups is 1. The third kappa shape index (κ3) is 4.29. The second-order valence-electron chi connectivity index (χ2n) is 4.93. The molecule has 0 aliphatic carbocycles. The smallest absolute Gasteiger partial charge is 0.248 e. The number of rotatable bonds is 5. The molecule has 116 valence electrons. The van der Waals surface area contributed by atoms with Crippen LogP contribution in [-0.4, -0.2) is 67.2 Å². The summed E-state index contributed by atoms with van der Waals surface area (Å²) in [5, 5.41) is 3.19. The fraction of sp³-hybridized carbons (Fsp3) is 0.643. The number of hydrogen-bond donors (Lipinski definition) is 1. The summed E-state index contributed by atoms with van der Waals surface area (Å²) in [4.78, 5) is 24.7. The average Bonchev–Trinajstić information content (AvgIpc) is 2.74. The molecule has 1 amide bonds. The summed E-state index contributed by atoms with van der Waals surface area (Å²) >= 11 is 0. The van der Waals surface area contributed by atoms with Gasteiger partial charge in [0.25, 0.3) is 0 Å². The van der Waals surface area contributed by atoms with Gasteiger partial charge in [0, 0.05) is 46.0 Å². The van der Waals surface area contributed by atoms with E-state index in [1.54, 1.807) is 13.3 Å². The van der Waals surface area contributed by atoms with Gasteiger partial charge in [-0.15, -0.1) is 0 Å². The van der Waals surface area contributed by atoms with Gasteiger partial charge in [0.1, 0.15) is 12.4 Å². The highest BCUT2D eigenvalue weighted by Crippen LogP contribution is 2.13. The van der Waals surface area contributed by atoms with Gasteiger partial charge in [0.2, 0.25) is 11.9 Å². The Morgan fingerprint density at radius 3 is 3.00 bits per heavy atom. The summed E-state index contributed by atoms with van der Waals surface area (Å²) in [5.74, 6) is 1.59. The standard InChI is InChI=1S/C14H23N5O2/c1-3-15-12-5-6-16-14(17-12)19-8-4-7-18(9-10-19)13(20)11-21-2/h5-6H,3-4,7-11H2,1-2H3,(H,15,16,17). The summed E-state index contributed by atoms with van der Waals surface area (Å²) in [6, 6.07) is 1.86. The molecule has 7 heteroatoms. The number of hydrogen-bond acceptors (Lipinski definition) is 6. The van der Waals surface area contributed by atoms with E-state index in [-0.39, 0.29) is 12.5 Å². The molecule has 2 heterocycles. The van der Waals surface area contributed by atoms with Crippen LogP contribution in [0.3, 0.4) is 0 Å². The van der Waals surface area contributed by atoms with Crippen LogP contribution >= 0.6 is 0 Å². The molecule has 1 aromatic rings. The summed E-state index contributed by atoms with van der Waals surface area (Å²) in [7, 11) is 1.54. The van der Waals surface area contributed by atoms with Crippen LogP contribution in [-0.2, 0) is 9.53 Å². The minimum atomic E-state index is 0.0432. The predicted octanol–water partition coefficient (Wildman–Crippen LogP) is 0.593. The maximum atomic E-state index is 11.9. The van der Waals surface area contributed by atoms with Gasteiger partial charge < -0.3 is 19.9 Å². The molecule has 2 rings (SSSR count). The number of anilines is 2. The number of ether oxygens (including phenoxy) is 1. The topological polar surface area (TPSA) is 70.6 Å². The Labute approximate surface area is 125 Å². The summed E-state index contributed by atoms with van der Waals surface area (Å²) in [6.07, 6.45) is 2.67. The first-order valence-electron chi connectivity index (χ1n) is 7.33. The molecule has 0 atom stereocenters. The van der Waals surface area contributed by atoms with Crippen molar-refractivity contribution in [2.75, 3.05) is 56.7 Å². The quantitative estimate of drug-likeness (QED) is 0.857. The first-order valence-corrected chi connectivity index (χ1v) is 7.33. The molecular weight excluding hydrogens is 270 g/mol. The molecule has 0 spiro atoms. The van der Waals surface area contributed by atoms with E-state index in [0.717, 1.165) is 44.4 Å². The van der Waals surface area contributed by atoms with Gasteiger partial charge in [0.05, 0.1) is 0 Å². The van der Waals surface area contributed by atoms with Gasteiger partial charge in [-0.3, -0.25) is 4.79 Å². The van der Waals surface area contributed by atoms with Gasteiger partial charge in [0.15, 0.2) is 0 Å². The second kappa shape index (κ2) is 7.78. The molecule has 0 aromatic carbocycles. The maximum Gasteiger partial charge on any atom is 0.248 e. The Morgan fingerprint density at radius 2 is 2.24 bits per heavy atom. The van der Waals surface area contributed by atoms with E-state index in [1.165, 1.54) is 0 Å². The van der Waals surface area contributed by atoms with Gasteiger partial charge in [-0.2, -0.15) is 4.98 Å². The van der Waals surface area contributed by atoms with Crippen LogP contribution < -0.4 is 10.2 Å². The van der Waals surface area contributed by atoms with Gasteiger partial charge >= 0.3 is 0 Å². The lowest BCUT2D eigenvalue weighted by Gasteiger charge is -2.22. The number of nitrogens with one attached hydrogen (secondary N) is 1.